The van der Waals surface area contributed by atoms with Gasteiger partial charge in [0.1, 0.15) is 12.1 Å². The molecule has 1 aromatic heterocycles. The van der Waals surface area contributed by atoms with E-state index in [0.717, 1.165) is 17.7 Å². The zero-order valence-electron chi connectivity index (χ0n) is 14.4. The Morgan fingerprint density at radius 3 is 2.39 bits per heavy atom. The fourth-order valence-corrected chi connectivity index (χ4v) is 3.28. The number of alkyl halides is 3. The van der Waals surface area contributed by atoms with E-state index in [-0.39, 0.29) is 18.2 Å². The van der Waals surface area contributed by atoms with Gasteiger partial charge in [-0.2, -0.15) is 18.4 Å². The molecule has 8 heteroatoms. The number of rotatable bonds is 2. The minimum absolute atomic E-state index is 0.197. The number of fused-ring (bicyclic) bond motifs is 1. The summed E-state index contributed by atoms with van der Waals surface area (Å²) in [4.78, 5) is 16.6. The summed E-state index contributed by atoms with van der Waals surface area (Å²) >= 11 is 0. The van der Waals surface area contributed by atoms with Crippen molar-refractivity contribution < 1.29 is 18.0 Å². The summed E-state index contributed by atoms with van der Waals surface area (Å²) in [5, 5.41) is 11.7. The van der Waals surface area contributed by atoms with Gasteiger partial charge in [0.05, 0.1) is 22.9 Å². The van der Waals surface area contributed by atoms with Crippen LogP contribution in [0.5, 0.6) is 0 Å². The largest absolute Gasteiger partial charge is 0.416 e. The maximum absolute atomic E-state index is 12.8. The number of carbonyl (C=O) groups excluding carboxylic acids is 1. The molecule has 2 heterocycles. The van der Waals surface area contributed by atoms with Crippen LogP contribution in [0.2, 0.25) is 0 Å². The van der Waals surface area contributed by atoms with Crippen molar-refractivity contribution in [1.82, 2.24) is 9.55 Å². The molecule has 0 spiro atoms. The molecule has 1 atom stereocenters. The van der Waals surface area contributed by atoms with E-state index < -0.39 is 11.7 Å². The fourth-order valence-electron chi connectivity index (χ4n) is 3.28. The van der Waals surface area contributed by atoms with Gasteiger partial charge in [0.2, 0.25) is 5.91 Å². The predicted octanol–water partition coefficient (Wildman–Crippen LogP) is 4.24. The van der Waals surface area contributed by atoms with E-state index in [4.69, 9.17) is 5.26 Å². The van der Waals surface area contributed by atoms with Gasteiger partial charge in [0, 0.05) is 18.0 Å². The average Bonchev–Trinajstić information content (AvgIpc) is 3.10. The van der Waals surface area contributed by atoms with E-state index in [2.05, 4.69) is 10.3 Å². The van der Waals surface area contributed by atoms with Gasteiger partial charge in [0.15, 0.2) is 0 Å². The standard InChI is InChI=1S/C20H13F3N4O/c21-20(22,23)14-5-7-15(8-6-14)27-11-25-18-16(9-17(28)26-19(18)27)13-3-1-12(10-24)2-4-13/h1-8,11,16H,9H2,(H,26,28). The van der Waals surface area contributed by atoms with E-state index in [1.807, 2.05) is 6.07 Å². The molecule has 1 amide bonds. The number of carbonyl (C=O) groups is 1. The normalized spacial score (nSPS) is 16.2. The maximum atomic E-state index is 12.8. The van der Waals surface area contributed by atoms with Crippen LogP contribution in [0, 0.1) is 11.3 Å². The first-order valence-electron chi connectivity index (χ1n) is 8.41. The lowest BCUT2D eigenvalue weighted by Gasteiger charge is -2.23. The molecule has 4 rings (SSSR count). The van der Waals surface area contributed by atoms with Crippen molar-refractivity contribution in [1.29, 1.82) is 5.26 Å². The van der Waals surface area contributed by atoms with Crippen LogP contribution in [0.25, 0.3) is 5.69 Å². The molecular weight excluding hydrogens is 369 g/mol. The molecule has 28 heavy (non-hydrogen) atoms. The Balaban J connectivity index is 1.73. The van der Waals surface area contributed by atoms with E-state index in [1.165, 1.54) is 18.5 Å². The fraction of sp³-hybridized carbons (Fsp3) is 0.150. The second kappa shape index (κ2) is 6.53. The lowest BCUT2D eigenvalue weighted by atomic mass is 9.89. The molecule has 140 valence electrons. The van der Waals surface area contributed by atoms with Crippen LogP contribution in [-0.4, -0.2) is 15.5 Å². The number of anilines is 1. The van der Waals surface area contributed by atoms with Gasteiger partial charge in [-0.1, -0.05) is 12.1 Å². The third-order valence-corrected chi connectivity index (χ3v) is 4.69. The topological polar surface area (TPSA) is 70.7 Å². The van der Waals surface area contributed by atoms with Crippen LogP contribution in [0.4, 0.5) is 19.0 Å². The van der Waals surface area contributed by atoms with E-state index in [1.54, 1.807) is 28.8 Å². The highest BCUT2D eigenvalue weighted by atomic mass is 19.4. The van der Waals surface area contributed by atoms with Crippen molar-refractivity contribution in [3.63, 3.8) is 0 Å². The summed E-state index contributed by atoms with van der Waals surface area (Å²) in [5.74, 6) is -0.0759. The second-order valence-electron chi connectivity index (χ2n) is 6.43. The molecule has 0 bridgehead atoms. The van der Waals surface area contributed by atoms with Crippen LogP contribution in [0.1, 0.15) is 34.7 Å². The van der Waals surface area contributed by atoms with Crippen LogP contribution in [0.3, 0.4) is 0 Å². The number of hydrogen-bond donors (Lipinski definition) is 1. The highest BCUT2D eigenvalue weighted by molar-refractivity contribution is 5.94. The minimum atomic E-state index is -4.41. The summed E-state index contributed by atoms with van der Waals surface area (Å²) in [6, 6.07) is 13.6. The lowest BCUT2D eigenvalue weighted by molar-refractivity contribution is -0.137. The Bertz CT molecular complexity index is 1080. The SMILES string of the molecule is N#Cc1ccc(C2CC(=O)Nc3c2ncn3-c2ccc(C(F)(F)F)cc2)cc1. The van der Waals surface area contributed by atoms with Gasteiger partial charge in [-0.3, -0.25) is 9.36 Å². The average molecular weight is 382 g/mol. The number of halogens is 3. The van der Waals surface area contributed by atoms with Crippen molar-refractivity contribution in [2.45, 2.75) is 18.5 Å². The van der Waals surface area contributed by atoms with Crippen LogP contribution in [-0.2, 0) is 11.0 Å². The molecule has 0 saturated carbocycles. The molecule has 0 saturated heterocycles. The number of amides is 1. The number of nitrogens with zero attached hydrogens (tertiary/aromatic N) is 3. The smallest absolute Gasteiger partial charge is 0.310 e. The summed E-state index contributed by atoms with van der Waals surface area (Å²) in [6.45, 7) is 0. The van der Waals surface area contributed by atoms with Crippen LogP contribution < -0.4 is 5.32 Å². The zero-order chi connectivity index (χ0) is 19.9. The number of benzene rings is 2. The van der Waals surface area contributed by atoms with Gasteiger partial charge in [0.25, 0.3) is 0 Å². The Labute approximate surface area is 158 Å². The van der Waals surface area contributed by atoms with Gasteiger partial charge in [-0.05, 0) is 42.0 Å². The number of aromatic nitrogens is 2. The van der Waals surface area contributed by atoms with Gasteiger partial charge >= 0.3 is 6.18 Å². The third kappa shape index (κ3) is 3.11. The highest BCUT2D eigenvalue weighted by Crippen LogP contribution is 2.37. The van der Waals surface area contributed by atoms with Gasteiger partial charge in [-0.15, -0.1) is 0 Å². The van der Waals surface area contributed by atoms with E-state index >= 15 is 0 Å². The quantitative estimate of drug-likeness (QED) is 0.721. The number of hydrogen-bond acceptors (Lipinski definition) is 3. The molecule has 3 aromatic rings. The minimum Gasteiger partial charge on any atom is -0.310 e. The number of imidazole rings is 1. The van der Waals surface area contributed by atoms with Crippen molar-refractivity contribution in [2.24, 2.45) is 0 Å². The first-order valence-corrected chi connectivity index (χ1v) is 8.41. The van der Waals surface area contributed by atoms with Gasteiger partial charge < -0.3 is 5.32 Å². The molecule has 1 N–H and O–H groups in total. The van der Waals surface area contributed by atoms with Crippen molar-refractivity contribution in [3.8, 4) is 11.8 Å². The summed E-state index contributed by atoms with van der Waals surface area (Å²) < 4.78 is 39.9. The zero-order valence-corrected chi connectivity index (χ0v) is 14.4. The first-order chi connectivity index (χ1) is 13.4. The number of nitriles is 1. The van der Waals surface area contributed by atoms with Gasteiger partial charge in [-0.25, -0.2) is 4.98 Å². The molecule has 1 aliphatic rings. The molecular formula is C20H13F3N4O. The first kappa shape index (κ1) is 17.8. The molecule has 0 radical (unpaired) electrons. The lowest BCUT2D eigenvalue weighted by Crippen LogP contribution is -2.24. The monoisotopic (exact) mass is 382 g/mol. The molecule has 2 aromatic carbocycles. The molecule has 1 aliphatic heterocycles. The summed E-state index contributed by atoms with van der Waals surface area (Å²) in [6.07, 6.45) is -2.74. The molecule has 0 fully saturated rings. The Kier molecular flexibility index (Phi) is 4.15. The Morgan fingerprint density at radius 1 is 1.11 bits per heavy atom. The Hall–Kier alpha value is -3.60. The molecule has 1 unspecified atom stereocenters. The van der Waals surface area contributed by atoms with E-state index in [0.29, 0.717) is 22.8 Å². The van der Waals surface area contributed by atoms with E-state index in [9.17, 15) is 18.0 Å². The van der Waals surface area contributed by atoms with Crippen LogP contribution in [0.15, 0.2) is 54.9 Å². The second-order valence-corrected chi connectivity index (χ2v) is 6.43. The van der Waals surface area contributed by atoms with Crippen molar-refractivity contribution in [2.75, 3.05) is 5.32 Å². The van der Waals surface area contributed by atoms with Crippen molar-refractivity contribution >= 4 is 11.7 Å². The van der Waals surface area contributed by atoms with Crippen molar-refractivity contribution in [3.05, 3.63) is 77.2 Å². The predicted molar refractivity (Wildman–Crippen MR) is 94.8 cm³/mol. The number of nitrogens with one attached hydrogen (secondary N) is 1. The third-order valence-electron chi connectivity index (χ3n) is 4.69. The highest BCUT2D eigenvalue weighted by Gasteiger charge is 2.32. The summed E-state index contributed by atoms with van der Waals surface area (Å²) in [7, 11) is 0. The van der Waals surface area contributed by atoms with Crippen LogP contribution >= 0.6 is 0 Å². The Morgan fingerprint density at radius 2 is 1.79 bits per heavy atom. The molecule has 5 nitrogen and oxygen atoms in total. The molecule has 0 aliphatic carbocycles. The maximum Gasteiger partial charge on any atom is 0.416 e. The summed E-state index contributed by atoms with van der Waals surface area (Å²) in [5.41, 5.74) is 1.70.